The molecule has 1 aromatic carbocycles. The summed E-state index contributed by atoms with van der Waals surface area (Å²) < 4.78 is 1.29. The molecule has 22 heavy (non-hydrogen) atoms. The third kappa shape index (κ3) is 3.25. The largest absolute Gasteiger partial charge is 0.393 e. The van der Waals surface area contributed by atoms with Crippen molar-refractivity contribution in [3.63, 3.8) is 0 Å². The zero-order valence-corrected chi connectivity index (χ0v) is 13.6. The van der Waals surface area contributed by atoms with E-state index in [0.29, 0.717) is 13.1 Å². The van der Waals surface area contributed by atoms with Gasteiger partial charge < -0.3 is 15.3 Å². The number of hydrogen-bond acceptors (Lipinski definition) is 3. The van der Waals surface area contributed by atoms with Crippen LogP contribution in [-0.2, 0) is 6.42 Å². The van der Waals surface area contributed by atoms with Crippen molar-refractivity contribution in [1.82, 2.24) is 10.2 Å². The number of aliphatic hydroxyl groups excluding tert-OH is 1. The summed E-state index contributed by atoms with van der Waals surface area (Å²) in [5, 5.41) is 16.1. The normalized spacial score (nSPS) is 19.5. The van der Waals surface area contributed by atoms with E-state index in [0.717, 1.165) is 19.4 Å². The summed E-state index contributed by atoms with van der Waals surface area (Å²) in [6, 6.07) is 8.36. The van der Waals surface area contributed by atoms with Crippen LogP contribution in [-0.4, -0.2) is 41.8 Å². The van der Waals surface area contributed by atoms with Gasteiger partial charge in [-0.25, -0.2) is 4.79 Å². The van der Waals surface area contributed by atoms with Crippen LogP contribution >= 0.6 is 11.3 Å². The number of benzene rings is 1. The molecule has 4 nitrogen and oxygen atoms in total. The molecule has 5 heteroatoms. The molecule has 118 valence electrons. The standard InChI is InChI=1S/C17H22N2O2S/c1-12(20)13-7-9-19(10-13)17(21)18-8-6-14-11-22-16-5-3-2-4-15(14)16/h2-5,11-13,20H,6-10H2,1H3,(H,18,21)/t12-,13-/m1/s1. The number of nitrogens with zero attached hydrogens (tertiary/aromatic N) is 1. The lowest BCUT2D eigenvalue weighted by molar-refractivity contribution is 0.129. The molecule has 2 heterocycles. The number of rotatable bonds is 4. The molecule has 2 atom stereocenters. The second-order valence-corrected chi connectivity index (χ2v) is 6.89. The average molecular weight is 318 g/mol. The van der Waals surface area contributed by atoms with Crippen LogP contribution in [0.2, 0.25) is 0 Å². The van der Waals surface area contributed by atoms with Gasteiger partial charge in [-0.15, -0.1) is 11.3 Å². The number of likely N-dealkylation sites (tertiary alicyclic amines) is 1. The van der Waals surface area contributed by atoms with Gasteiger partial charge in [-0.05, 0) is 42.2 Å². The zero-order valence-electron chi connectivity index (χ0n) is 12.8. The quantitative estimate of drug-likeness (QED) is 0.911. The minimum absolute atomic E-state index is 0.0114. The van der Waals surface area contributed by atoms with Crippen molar-refractivity contribution in [2.45, 2.75) is 25.9 Å². The highest BCUT2D eigenvalue weighted by molar-refractivity contribution is 7.17. The van der Waals surface area contributed by atoms with Crippen LogP contribution in [0.25, 0.3) is 10.1 Å². The number of thiophene rings is 1. The molecule has 2 aromatic rings. The van der Waals surface area contributed by atoms with Gasteiger partial charge in [0.05, 0.1) is 6.10 Å². The molecule has 0 aliphatic carbocycles. The molecular formula is C17H22N2O2S. The Labute approximate surface area is 134 Å². The van der Waals surface area contributed by atoms with E-state index >= 15 is 0 Å². The first-order chi connectivity index (χ1) is 10.6. The molecule has 1 saturated heterocycles. The van der Waals surface area contributed by atoms with Crippen LogP contribution in [0.1, 0.15) is 18.9 Å². The van der Waals surface area contributed by atoms with Crippen LogP contribution in [0.4, 0.5) is 4.79 Å². The highest BCUT2D eigenvalue weighted by Crippen LogP contribution is 2.25. The van der Waals surface area contributed by atoms with Gasteiger partial charge in [0.2, 0.25) is 0 Å². The van der Waals surface area contributed by atoms with Crippen LogP contribution in [0.3, 0.4) is 0 Å². The Hall–Kier alpha value is -1.59. The third-order valence-corrected chi connectivity index (χ3v) is 5.44. The Bertz CT molecular complexity index is 653. The molecule has 2 amide bonds. The number of amides is 2. The lowest BCUT2D eigenvalue weighted by Crippen LogP contribution is -2.39. The fourth-order valence-corrected chi connectivity index (χ4v) is 4.01. The Morgan fingerprint density at radius 3 is 3.09 bits per heavy atom. The van der Waals surface area contributed by atoms with Crippen molar-refractivity contribution >= 4 is 27.5 Å². The molecule has 1 fully saturated rings. The van der Waals surface area contributed by atoms with Gasteiger partial charge in [-0.3, -0.25) is 0 Å². The Balaban J connectivity index is 1.50. The summed E-state index contributed by atoms with van der Waals surface area (Å²) in [7, 11) is 0. The van der Waals surface area contributed by atoms with Crippen molar-refractivity contribution in [3.05, 3.63) is 35.2 Å². The summed E-state index contributed by atoms with van der Waals surface area (Å²) in [5.74, 6) is 0.214. The minimum Gasteiger partial charge on any atom is -0.393 e. The second-order valence-electron chi connectivity index (χ2n) is 5.97. The van der Waals surface area contributed by atoms with E-state index in [4.69, 9.17) is 0 Å². The van der Waals surface area contributed by atoms with E-state index in [9.17, 15) is 9.90 Å². The highest BCUT2D eigenvalue weighted by atomic mass is 32.1. The van der Waals surface area contributed by atoms with Crippen LogP contribution in [0, 0.1) is 5.92 Å². The summed E-state index contributed by atoms with van der Waals surface area (Å²) in [6.07, 6.45) is 1.40. The fourth-order valence-electron chi connectivity index (χ4n) is 3.01. The monoisotopic (exact) mass is 318 g/mol. The summed E-state index contributed by atoms with van der Waals surface area (Å²) >= 11 is 1.75. The van der Waals surface area contributed by atoms with Crippen LogP contribution < -0.4 is 5.32 Å². The second kappa shape index (κ2) is 6.67. The van der Waals surface area contributed by atoms with Crippen LogP contribution in [0.15, 0.2) is 29.6 Å². The summed E-state index contributed by atoms with van der Waals surface area (Å²) in [5.41, 5.74) is 1.30. The van der Waals surface area contributed by atoms with Crippen molar-refractivity contribution in [2.75, 3.05) is 19.6 Å². The van der Waals surface area contributed by atoms with Crippen molar-refractivity contribution in [1.29, 1.82) is 0 Å². The zero-order chi connectivity index (χ0) is 15.5. The van der Waals surface area contributed by atoms with Gasteiger partial charge in [0.1, 0.15) is 0 Å². The number of nitrogens with one attached hydrogen (secondary N) is 1. The summed E-state index contributed by atoms with van der Waals surface area (Å²) in [4.78, 5) is 13.9. The topological polar surface area (TPSA) is 52.6 Å². The summed E-state index contributed by atoms with van der Waals surface area (Å²) in [6.45, 7) is 3.84. The molecular weight excluding hydrogens is 296 g/mol. The molecule has 0 spiro atoms. The maximum absolute atomic E-state index is 12.1. The van der Waals surface area contributed by atoms with Crippen molar-refractivity contribution in [2.24, 2.45) is 5.92 Å². The van der Waals surface area contributed by atoms with Gasteiger partial charge in [-0.2, -0.15) is 0 Å². The van der Waals surface area contributed by atoms with Gasteiger partial charge in [0, 0.05) is 30.3 Å². The first-order valence-electron chi connectivity index (χ1n) is 7.81. The third-order valence-electron chi connectivity index (χ3n) is 4.43. The lowest BCUT2D eigenvalue weighted by atomic mass is 10.0. The molecule has 2 N–H and O–H groups in total. The molecule has 0 radical (unpaired) electrons. The van der Waals surface area contributed by atoms with Gasteiger partial charge in [-0.1, -0.05) is 18.2 Å². The van der Waals surface area contributed by atoms with Crippen molar-refractivity contribution in [3.8, 4) is 0 Å². The highest BCUT2D eigenvalue weighted by Gasteiger charge is 2.28. The predicted octanol–water partition coefficient (Wildman–Crippen LogP) is 2.86. The van der Waals surface area contributed by atoms with E-state index in [-0.39, 0.29) is 18.1 Å². The van der Waals surface area contributed by atoms with Gasteiger partial charge in [0.15, 0.2) is 0 Å². The number of carbonyl (C=O) groups excluding carboxylic acids is 1. The first-order valence-corrected chi connectivity index (χ1v) is 8.69. The van der Waals surface area contributed by atoms with E-state index < -0.39 is 0 Å². The van der Waals surface area contributed by atoms with E-state index in [1.165, 1.54) is 15.6 Å². The Morgan fingerprint density at radius 1 is 1.50 bits per heavy atom. The van der Waals surface area contributed by atoms with E-state index in [1.54, 1.807) is 18.3 Å². The Kier molecular flexibility index (Phi) is 4.64. The smallest absolute Gasteiger partial charge is 0.317 e. The number of carbonyl (C=O) groups is 1. The lowest BCUT2D eigenvalue weighted by Gasteiger charge is -2.18. The van der Waals surface area contributed by atoms with Gasteiger partial charge >= 0.3 is 6.03 Å². The molecule has 1 aromatic heterocycles. The number of hydrogen-bond donors (Lipinski definition) is 2. The van der Waals surface area contributed by atoms with Gasteiger partial charge in [0.25, 0.3) is 0 Å². The molecule has 0 saturated carbocycles. The maximum atomic E-state index is 12.1. The molecule has 3 rings (SSSR count). The number of aliphatic hydroxyl groups is 1. The first kappa shape index (κ1) is 15.3. The molecule has 1 aliphatic rings. The molecule has 0 unspecified atom stereocenters. The molecule has 0 bridgehead atoms. The van der Waals surface area contributed by atoms with E-state index in [2.05, 4.69) is 35.0 Å². The average Bonchev–Trinajstić information content (AvgIpc) is 3.14. The van der Waals surface area contributed by atoms with Crippen LogP contribution in [0.5, 0.6) is 0 Å². The minimum atomic E-state index is -0.338. The predicted molar refractivity (Wildman–Crippen MR) is 90.3 cm³/mol. The van der Waals surface area contributed by atoms with E-state index in [1.807, 2.05) is 4.90 Å². The Morgan fingerprint density at radius 2 is 2.32 bits per heavy atom. The van der Waals surface area contributed by atoms with Crippen molar-refractivity contribution < 1.29 is 9.90 Å². The number of fused-ring (bicyclic) bond motifs is 1. The number of urea groups is 1. The maximum Gasteiger partial charge on any atom is 0.317 e. The SMILES string of the molecule is C[C@@H](O)[C@@H]1CCN(C(=O)NCCc2csc3ccccc23)C1. The fraction of sp³-hybridized carbons (Fsp3) is 0.471. The molecule has 1 aliphatic heterocycles.